The topological polar surface area (TPSA) is 38.3 Å². The first-order valence-corrected chi connectivity index (χ1v) is 10.2. The fourth-order valence-corrected chi connectivity index (χ4v) is 3.46. The van der Waals surface area contributed by atoms with E-state index in [9.17, 15) is 4.79 Å². The number of para-hydroxylation sites is 1. The van der Waals surface area contributed by atoms with Crippen LogP contribution in [0.1, 0.15) is 37.8 Å². The minimum absolute atomic E-state index is 0.0890. The minimum Gasteiger partial charge on any atom is -0.493 e. The number of carbonyl (C=O) groups excluding carboxylic acids is 1. The Morgan fingerprint density at radius 1 is 1.15 bits per heavy atom. The van der Waals surface area contributed by atoms with Crippen molar-refractivity contribution in [2.45, 2.75) is 50.2 Å². The SMILES string of the molecule is CCCOc1ccccc1CCCNC(=O)[C@@H](C)Sc1ccc(C)cc1. The van der Waals surface area contributed by atoms with Gasteiger partial charge in [-0.15, -0.1) is 11.8 Å². The number of hydrogen-bond acceptors (Lipinski definition) is 3. The molecular weight excluding hydrogens is 342 g/mol. The summed E-state index contributed by atoms with van der Waals surface area (Å²) in [6.07, 6.45) is 2.81. The van der Waals surface area contributed by atoms with E-state index < -0.39 is 0 Å². The van der Waals surface area contributed by atoms with E-state index in [0.717, 1.165) is 36.5 Å². The molecule has 0 saturated carbocycles. The van der Waals surface area contributed by atoms with Gasteiger partial charge in [-0.05, 0) is 56.9 Å². The van der Waals surface area contributed by atoms with Gasteiger partial charge in [-0.1, -0.05) is 42.8 Å². The van der Waals surface area contributed by atoms with Gasteiger partial charge in [0.15, 0.2) is 0 Å². The van der Waals surface area contributed by atoms with Crippen molar-refractivity contribution in [2.75, 3.05) is 13.2 Å². The zero-order valence-corrected chi connectivity index (χ0v) is 16.8. The average Bonchev–Trinajstić information content (AvgIpc) is 2.66. The first kappa shape index (κ1) is 20.4. The summed E-state index contributed by atoms with van der Waals surface area (Å²) in [5, 5.41) is 2.95. The maximum absolute atomic E-state index is 12.3. The van der Waals surface area contributed by atoms with Crippen molar-refractivity contribution in [3.8, 4) is 5.75 Å². The van der Waals surface area contributed by atoms with Gasteiger partial charge in [-0.3, -0.25) is 4.79 Å². The van der Waals surface area contributed by atoms with Crippen molar-refractivity contribution in [3.05, 3.63) is 59.7 Å². The molecule has 2 aromatic carbocycles. The van der Waals surface area contributed by atoms with E-state index in [-0.39, 0.29) is 11.2 Å². The number of nitrogens with one attached hydrogen (secondary N) is 1. The highest BCUT2D eigenvalue weighted by atomic mass is 32.2. The molecule has 4 heteroatoms. The molecule has 1 N–H and O–H groups in total. The molecular formula is C22H29NO2S. The molecule has 1 amide bonds. The average molecular weight is 372 g/mol. The van der Waals surface area contributed by atoms with Crippen molar-refractivity contribution in [3.63, 3.8) is 0 Å². The predicted octanol–water partition coefficient (Wildman–Crippen LogP) is 5.01. The summed E-state index contributed by atoms with van der Waals surface area (Å²) in [5.41, 5.74) is 2.44. The van der Waals surface area contributed by atoms with Crippen LogP contribution in [-0.2, 0) is 11.2 Å². The lowest BCUT2D eigenvalue weighted by Gasteiger charge is -2.13. The zero-order chi connectivity index (χ0) is 18.8. The third-order valence-electron chi connectivity index (χ3n) is 4.06. The zero-order valence-electron chi connectivity index (χ0n) is 16.0. The molecule has 26 heavy (non-hydrogen) atoms. The van der Waals surface area contributed by atoms with Gasteiger partial charge >= 0.3 is 0 Å². The lowest BCUT2D eigenvalue weighted by atomic mass is 10.1. The van der Waals surface area contributed by atoms with E-state index in [0.29, 0.717) is 6.54 Å². The number of ether oxygens (including phenoxy) is 1. The van der Waals surface area contributed by atoms with Crippen molar-refractivity contribution < 1.29 is 9.53 Å². The molecule has 0 aliphatic heterocycles. The number of rotatable bonds is 10. The highest BCUT2D eigenvalue weighted by Crippen LogP contribution is 2.23. The van der Waals surface area contributed by atoms with Crippen LogP contribution in [0.4, 0.5) is 0 Å². The van der Waals surface area contributed by atoms with E-state index in [2.05, 4.69) is 49.5 Å². The molecule has 0 heterocycles. The summed E-state index contributed by atoms with van der Waals surface area (Å²) < 4.78 is 5.79. The highest BCUT2D eigenvalue weighted by Gasteiger charge is 2.13. The Balaban J connectivity index is 1.73. The summed E-state index contributed by atoms with van der Waals surface area (Å²) in [5.74, 6) is 1.05. The fourth-order valence-electron chi connectivity index (χ4n) is 2.57. The molecule has 0 aromatic heterocycles. The molecule has 1 atom stereocenters. The van der Waals surface area contributed by atoms with Crippen molar-refractivity contribution in [2.24, 2.45) is 0 Å². The van der Waals surface area contributed by atoms with Gasteiger partial charge in [0.05, 0.1) is 11.9 Å². The van der Waals surface area contributed by atoms with Crippen LogP contribution in [0.3, 0.4) is 0 Å². The van der Waals surface area contributed by atoms with E-state index >= 15 is 0 Å². The molecule has 0 aliphatic carbocycles. The summed E-state index contributed by atoms with van der Waals surface area (Å²) >= 11 is 1.59. The molecule has 0 radical (unpaired) electrons. The molecule has 2 rings (SSSR count). The van der Waals surface area contributed by atoms with Crippen LogP contribution in [0.2, 0.25) is 0 Å². The Bertz CT molecular complexity index is 685. The van der Waals surface area contributed by atoms with E-state index in [4.69, 9.17) is 4.74 Å². The number of hydrogen-bond donors (Lipinski definition) is 1. The number of amides is 1. The summed E-state index contributed by atoms with van der Waals surface area (Å²) in [6.45, 7) is 7.54. The van der Waals surface area contributed by atoms with Crippen molar-refractivity contribution >= 4 is 17.7 Å². The van der Waals surface area contributed by atoms with E-state index in [1.165, 1.54) is 11.1 Å². The van der Waals surface area contributed by atoms with Crippen LogP contribution in [0.25, 0.3) is 0 Å². The quantitative estimate of drug-likeness (QED) is 0.471. The van der Waals surface area contributed by atoms with Gasteiger partial charge in [0.25, 0.3) is 0 Å². The second kappa shape index (κ2) is 10.9. The van der Waals surface area contributed by atoms with Crippen LogP contribution in [0, 0.1) is 6.92 Å². The normalized spacial score (nSPS) is 11.8. The predicted molar refractivity (Wildman–Crippen MR) is 110 cm³/mol. The van der Waals surface area contributed by atoms with Crippen LogP contribution in [0.5, 0.6) is 5.75 Å². The first-order valence-electron chi connectivity index (χ1n) is 9.32. The summed E-state index contributed by atoms with van der Waals surface area (Å²) in [4.78, 5) is 13.4. The Morgan fingerprint density at radius 3 is 2.62 bits per heavy atom. The minimum atomic E-state index is -0.0992. The number of benzene rings is 2. The number of carbonyl (C=O) groups is 1. The monoisotopic (exact) mass is 371 g/mol. The second-order valence-electron chi connectivity index (χ2n) is 6.42. The summed E-state index contributed by atoms with van der Waals surface area (Å²) in [6, 6.07) is 16.4. The third-order valence-corrected chi connectivity index (χ3v) is 5.17. The fraction of sp³-hybridized carbons (Fsp3) is 0.409. The Kier molecular flexibility index (Phi) is 8.56. The maximum Gasteiger partial charge on any atom is 0.233 e. The highest BCUT2D eigenvalue weighted by molar-refractivity contribution is 8.00. The largest absolute Gasteiger partial charge is 0.493 e. The van der Waals surface area contributed by atoms with Gasteiger partial charge in [0.2, 0.25) is 5.91 Å². The summed E-state index contributed by atoms with van der Waals surface area (Å²) in [7, 11) is 0. The molecule has 3 nitrogen and oxygen atoms in total. The second-order valence-corrected chi connectivity index (χ2v) is 7.84. The Hall–Kier alpha value is -1.94. The third kappa shape index (κ3) is 6.75. The van der Waals surface area contributed by atoms with Gasteiger partial charge in [0.1, 0.15) is 5.75 Å². The van der Waals surface area contributed by atoms with Crippen molar-refractivity contribution in [1.29, 1.82) is 0 Å². The lowest BCUT2D eigenvalue weighted by Crippen LogP contribution is -2.31. The Morgan fingerprint density at radius 2 is 1.88 bits per heavy atom. The standard InChI is InChI=1S/C22H29NO2S/c1-4-16-25-21-10-6-5-8-19(21)9-7-15-23-22(24)18(3)26-20-13-11-17(2)12-14-20/h5-6,8,10-14,18H,4,7,9,15-16H2,1-3H3,(H,23,24)/t18-/m1/s1. The van der Waals surface area contributed by atoms with Crippen LogP contribution >= 0.6 is 11.8 Å². The molecule has 0 bridgehead atoms. The van der Waals surface area contributed by atoms with Crippen LogP contribution in [-0.4, -0.2) is 24.3 Å². The van der Waals surface area contributed by atoms with Gasteiger partial charge < -0.3 is 10.1 Å². The number of aryl methyl sites for hydroxylation is 2. The van der Waals surface area contributed by atoms with Gasteiger partial charge in [-0.2, -0.15) is 0 Å². The molecule has 0 saturated heterocycles. The van der Waals surface area contributed by atoms with Crippen LogP contribution < -0.4 is 10.1 Å². The van der Waals surface area contributed by atoms with E-state index in [1.807, 2.05) is 25.1 Å². The first-order chi connectivity index (χ1) is 12.6. The van der Waals surface area contributed by atoms with E-state index in [1.54, 1.807) is 11.8 Å². The smallest absolute Gasteiger partial charge is 0.233 e. The van der Waals surface area contributed by atoms with Gasteiger partial charge in [-0.25, -0.2) is 0 Å². The molecule has 140 valence electrons. The maximum atomic E-state index is 12.3. The van der Waals surface area contributed by atoms with Crippen LogP contribution in [0.15, 0.2) is 53.4 Å². The van der Waals surface area contributed by atoms with Crippen molar-refractivity contribution in [1.82, 2.24) is 5.32 Å². The van der Waals surface area contributed by atoms with Gasteiger partial charge in [0, 0.05) is 11.4 Å². The molecule has 2 aromatic rings. The molecule has 0 unspecified atom stereocenters. The molecule has 0 aliphatic rings. The Labute approximate surface area is 161 Å². The molecule has 0 fully saturated rings. The molecule has 0 spiro atoms. The lowest BCUT2D eigenvalue weighted by molar-refractivity contribution is -0.120. The number of thioether (sulfide) groups is 1.